The lowest BCUT2D eigenvalue weighted by atomic mass is 9.99. The fourth-order valence-corrected chi connectivity index (χ4v) is 4.45. The van der Waals surface area contributed by atoms with Gasteiger partial charge in [-0.05, 0) is 54.3 Å². The molecule has 4 aromatic rings. The quantitative estimate of drug-likeness (QED) is 0.404. The first-order valence-corrected chi connectivity index (χ1v) is 11.3. The predicted molar refractivity (Wildman–Crippen MR) is 129 cm³/mol. The molecule has 5 rings (SSSR count). The maximum absolute atomic E-state index is 5.90. The number of rotatable bonds is 6. The van der Waals surface area contributed by atoms with Crippen molar-refractivity contribution in [1.82, 2.24) is 9.88 Å². The highest BCUT2D eigenvalue weighted by Gasteiger charge is 2.24. The molecule has 1 N–H and O–H groups in total. The lowest BCUT2D eigenvalue weighted by molar-refractivity contribution is 0.287. The van der Waals surface area contributed by atoms with E-state index < -0.39 is 0 Å². The van der Waals surface area contributed by atoms with E-state index in [1.807, 2.05) is 19.9 Å². The smallest absolute Gasteiger partial charge is 0.163 e. The van der Waals surface area contributed by atoms with Crippen molar-refractivity contribution in [2.24, 2.45) is 0 Å². The minimum absolute atomic E-state index is 0.0910. The zero-order chi connectivity index (χ0) is 21.9. The summed E-state index contributed by atoms with van der Waals surface area (Å²) in [4.78, 5) is 0. The van der Waals surface area contributed by atoms with Crippen molar-refractivity contribution in [3.8, 4) is 28.3 Å². The molecule has 32 heavy (non-hydrogen) atoms. The van der Waals surface area contributed by atoms with Crippen LogP contribution in [-0.4, -0.2) is 17.8 Å². The van der Waals surface area contributed by atoms with E-state index in [1.54, 1.807) is 0 Å². The Kier molecular flexibility index (Phi) is 5.70. The normalized spacial score (nSPS) is 14.9. The van der Waals surface area contributed by atoms with Gasteiger partial charge in [0.05, 0.1) is 24.9 Å². The van der Waals surface area contributed by atoms with Gasteiger partial charge in [-0.3, -0.25) is 0 Å². The summed E-state index contributed by atoms with van der Waals surface area (Å²) in [5.41, 5.74) is 7.24. The van der Waals surface area contributed by atoms with Crippen LogP contribution in [0.25, 0.3) is 16.8 Å². The Morgan fingerprint density at radius 1 is 0.812 bits per heavy atom. The van der Waals surface area contributed by atoms with E-state index in [-0.39, 0.29) is 6.04 Å². The second kappa shape index (κ2) is 8.93. The van der Waals surface area contributed by atoms with Crippen molar-refractivity contribution in [1.29, 1.82) is 0 Å². The highest BCUT2D eigenvalue weighted by atomic mass is 16.5. The molecule has 0 bridgehead atoms. The molecule has 0 radical (unpaired) electrons. The fraction of sp³-hybridized carbons (Fsp3) is 0.214. The predicted octanol–water partition coefficient (Wildman–Crippen LogP) is 6.13. The van der Waals surface area contributed by atoms with Crippen LogP contribution in [0.2, 0.25) is 0 Å². The van der Waals surface area contributed by atoms with Crippen LogP contribution < -0.4 is 14.8 Å². The molecule has 0 spiro atoms. The fourth-order valence-electron chi connectivity index (χ4n) is 4.45. The van der Waals surface area contributed by atoms with Gasteiger partial charge in [0.15, 0.2) is 11.5 Å². The monoisotopic (exact) mass is 424 g/mol. The largest absolute Gasteiger partial charge is 0.490 e. The summed E-state index contributed by atoms with van der Waals surface area (Å²) in [7, 11) is 0. The van der Waals surface area contributed by atoms with Gasteiger partial charge >= 0.3 is 0 Å². The Morgan fingerprint density at radius 2 is 1.50 bits per heavy atom. The third-order valence-electron chi connectivity index (χ3n) is 5.93. The molecule has 0 aliphatic carbocycles. The van der Waals surface area contributed by atoms with Crippen LogP contribution in [0.5, 0.6) is 11.5 Å². The first-order valence-electron chi connectivity index (χ1n) is 11.3. The second-order valence-electron chi connectivity index (χ2n) is 7.90. The van der Waals surface area contributed by atoms with Crippen LogP contribution in [0.1, 0.15) is 36.7 Å². The van der Waals surface area contributed by atoms with E-state index in [4.69, 9.17) is 9.47 Å². The van der Waals surface area contributed by atoms with Crippen LogP contribution in [0.4, 0.5) is 0 Å². The molecule has 0 saturated heterocycles. The average molecular weight is 425 g/mol. The van der Waals surface area contributed by atoms with E-state index in [0.717, 1.165) is 23.7 Å². The van der Waals surface area contributed by atoms with Crippen molar-refractivity contribution in [3.05, 3.63) is 102 Å². The van der Waals surface area contributed by atoms with Gasteiger partial charge in [-0.15, -0.1) is 0 Å². The van der Waals surface area contributed by atoms with Gasteiger partial charge in [-0.25, -0.2) is 0 Å². The van der Waals surface area contributed by atoms with Crippen LogP contribution >= 0.6 is 0 Å². The molecule has 0 saturated carbocycles. The minimum atomic E-state index is 0.0910. The number of fused-ring (bicyclic) bond motifs is 3. The Balaban J connectivity index is 1.52. The molecule has 162 valence electrons. The molecule has 3 aromatic carbocycles. The number of aromatic nitrogens is 1. The summed E-state index contributed by atoms with van der Waals surface area (Å²) in [6, 6.07) is 28.0. The Bertz CT molecular complexity index is 1200. The number of ether oxygens (including phenoxy) is 2. The summed E-state index contributed by atoms with van der Waals surface area (Å²) in [6.45, 7) is 5.95. The number of nitrogens with zero attached hydrogens (tertiary/aromatic N) is 1. The molecule has 1 atom stereocenters. The van der Waals surface area contributed by atoms with Gasteiger partial charge in [-0.2, -0.15) is 0 Å². The molecule has 0 unspecified atom stereocenters. The standard InChI is InChI=1S/C28H28N2O2/c1-3-31-26-17-23-19-29-28(22-14-12-21(13-15-22)20-9-6-5-7-10-20)24-11-8-16-30(24)25(23)18-27(26)32-4-2/h5-18,28-29H,3-4,19H2,1-2H3/t28-/m1/s1. The van der Waals surface area contributed by atoms with Crippen LogP contribution in [-0.2, 0) is 6.54 Å². The van der Waals surface area contributed by atoms with E-state index in [9.17, 15) is 0 Å². The van der Waals surface area contributed by atoms with Crippen molar-refractivity contribution in [2.45, 2.75) is 26.4 Å². The number of hydrogen-bond acceptors (Lipinski definition) is 3. The molecule has 2 heterocycles. The van der Waals surface area contributed by atoms with Gasteiger partial charge in [0.1, 0.15) is 0 Å². The van der Waals surface area contributed by atoms with E-state index in [2.05, 4.69) is 88.9 Å². The molecular formula is C28H28N2O2. The Labute approximate surface area is 189 Å². The first kappa shape index (κ1) is 20.4. The molecule has 0 fully saturated rings. The van der Waals surface area contributed by atoms with E-state index in [0.29, 0.717) is 13.2 Å². The van der Waals surface area contributed by atoms with Gasteiger partial charge < -0.3 is 19.4 Å². The average Bonchev–Trinajstić information content (AvgIpc) is 3.26. The van der Waals surface area contributed by atoms with E-state index in [1.165, 1.54) is 27.9 Å². The highest BCUT2D eigenvalue weighted by Crippen LogP contribution is 2.37. The second-order valence-corrected chi connectivity index (χ2v) is 7.90. The maximum atomic E-state index is 5.90. The molecule has 4 heteroatoms. The van der Waals surface area contributed by atoms with Crippen molar-refractivity contribution < 1.29 is 9.47 Å². The SMILES string of the molecule is CCOc1cc2c(cc1OCC)-n1cccc1[C@@H](c1ccc(-c3ccccc3)cc1)NC2. The Morgan fingerprint density at radius 3 is 2.22 bits per heavy atom. The first-order chi connectivity index (χ1) is 15.8. The minimum Gasteiger partial charge on any atom is -0.490 e. The number of nitrogens with one attached hydrogen (secondary N) is 1. The van der Waals surface area contributed by atoms with Crippen LogP contribution in [0, 0.1) is 0 Å². The van der Waals surface area contributed by atoms with Gasteiger partial charge in [0.25, 0.3) is 0 Å². The number of hydrogen-bond donors (Lipinski definition) is 1. The van der Waals surface area contributed by atoms with Crippen molar-refractivity contribution in [3.63, 3.8) is 0 Å². The van der Waals surface area contributed by atoms with Crippen molar-refractivity contribution >= 4 is 0 Å². The molecule has 1 aliphatic heterocycles. The van der Waals surface area contributed by atoms with Crippen LogP contribution in [0.15, 0.2) is 85.1 Å². The lowest BCUT2D eigenvalue weighted by Gasteiger charge is -2.18. The molecule has 0 amide bonds. The zero-order valence-electron chi connectivity index (χ0n) is 18.5. The summed E-state index contributed by atoms with van der Waals surface area (Å²) >= 11 is 0. The maximum Gasteiger partial charge on any atom is 0.163 e. The van der Waals surface area contributed by atoms with Crippen LogP contribution in [0.3, 0.4) is 0 Å². The zero-order valence-corrected chi connectivity index (χ0v) is 18.5. The molecular weight excluding hydrogens is 396 g/mol. The summed E-state index contributed by atoms with van der Waals surface area (Å²) < 4.78 is 14.0. The Hall–Kier alpha value is -3.50. The highest BCUT2D eigenvalue weighted by molar-refractivity contribution is 5.64. The van der Waals surface area contributed by atoms with Gasteiger partial charge in [0, 0.05) is 24.5 Å². The van der Waals surface area contributed by atoms with Gasteiger partial charge in [0.2, 0.25) is 0 Å². The summed E-state index contributed by atoms with van der Waals surface area (Å²) in [6.07, 6.45) is 2.13. The lowest BCUT2D eigenvalue weighted by Crippen LogP contribution is -2.21. The molecule has 1 aromatic heterocycles. The summed E-state index contributed by atoms with van der Waals surface area (Å²) in [5, 5.41) is 3.76. The third kappa shape index (κ3) is 3.78. The topological polar surface area (TPSA) is 35.4 Å². The van der Waals surface area contributed by atoms with Gasteiger partial charge in [-0.1, -0.05) is 54.6 Å². The van der Waals surface area contributed by atoms with Crippen molar-refractivity contribution in [2.75, 3.05) is 13.2 Å². The molecule has 4 nitrogen and oxygen atoms in total. The van der Waals surface area contributed by atoms with E-state index >= 15 is 0 Å². The molecule has 1 aliphatic rings. The summed E-state index contributed by atoms with van der Waals surface area (Å²) in [5.74, 6) is 1.59. The third-order valence-corrected chi connectivity index (χ3v) is 5.93. The number of benzene rings is 3.